The smallest absolute Gasteiger partial charge is 0.290 e. The molecule has 1 aliphatic carbocycles. The molecule has 10 heteroatoms. The molecule has 1 saturated carbocycles. The average Bonchev–Trinajstić information content (AvgIpc) is 3.19. The van der Waals surface area contributed by atoms with Crippen LogP contribution in [0.1, 0.15) is 23.2 Å². The van der Waals surface area contributed by atoms with Gasteiger partial charge in [-0.1, -0.05) is 11.6 Å². The van der Waals surface area contributed by atoms with Crippen molar-refractivity contribution >= 4 is 42.9 Å². The second kappa shape index (κ2) is 5.43. The summed E-state index contributed by atoms with van der Waals surface area (Å²) < 4.78 is 22.9. The van der Waals surface area contributed by atoms with Crippen LogP contribution < -0.4 is 0 Å². The third-order valence-electron chi connectivity index (χ3n) is 3.14. The molecule has 1 aromatic rings. The molecule has 2 rings (SSSR count). The van der Waals surface area contributed by atoms with Gasteiger partial charge in [0.05, 0.1) is 4.92 Å². The van der Waals surface area contributed by atoms with E-state index in [4.69, 9.17) is 22.3 Å². The van der Waals surface area contributed by atoms with Gasteiger partial charge in [-0.05, 0) is 18.9 Å². The average molecular weight is 353 g/mol. The number of carbonyl (C=O) groups excluding carboxylic acids is 1. The summed E-state index contributed by atoms with van der Waals surface area (Å²) in [5, 5.41) is 10.3. The van der Waals surface area contributed by atoms with Crippen molar-refractivity contribution in [2.24, 2.45) is 0 Å². The molecule has 0 saturated heterocycles. The van der Waals surface area contributed by atoms with E-state index < -0.39 is 35.5 Å². The van der Waals surface area contributed by atoms with Gasteiger partial charge in [0.1, 0.15) is 9.92 Å². The lowest BCUT2D eigenvalue weighted by molar-refractivity contribution is -0.384. The normalized spacial score (nSPS) is 14.8. The predicted molar refractivity (Wildman–Crippen MR) is 76.3 cm³/mol. The molecule has 0 atom stereocenters. The van der Waals surface area contributed by atoms with Crippen LogP contribution >= 0.6 is 22.3 Å². The zero-order valence-corrected chi connectivity index (χ0v) is 13.1. The predicted octanol–water partition coefficient (Wildman–Crippen LogP) is 2.41. The Bertz CT molecular complexity index is 730. The van der Waals surface area contributed by atoms with E-state index in [0.717, 1.165) is 25.0 Å². The first-order valence-electron chi connectivity index (χ1n) is 5.82. The maximum atomic E-state index is 12.2. The lowest BCUT2D eigenvalue weighted by Gasteiger charge is -2.16. The molecule has 1 amide bonds. The quantitative estimate of drug-likeness (QED) is 0.470. The molecule has 0 heterocycles. The van der Waals surface area contributed by atoms with Crippen LogP contribution in [0, 0.1) is 10.1 Å². The summed E-state index contributed by atoms with van der Waals surface area (Å²) in [6.07, 6.45) is 1.69. The molecule has 0 aromatic heterocycles. The molecule has 0 spiro atoms. The van der Waals surface area contributed by atoms with Crippen molar-refractivity contribution in [2.45, 2.75) is 23.8 Å². The number of hydrogen-bond donors (Lipinski definition) is 0. The molecular formula is C11H10Cl2N2O5S. The summed E-state index contributed by atoms with van der Waals surface area (Å²) in [6, 6.07) is 1.98. The Morgan fingerprint density at radius 3 is 2.43 bits per heavy atom. The monoisotopic (exact) mass is 352 g/mol. The minimum absolute atomic E-state index is 0.0725. The number of benzene rings is 1. The van der Waals surface area contributed by atoms with Crippen LogP contribution in [0.4, 0.5) is 5.69 Å². The number of nitrogens with zero attached hydrogens (tertiary/aromatic N) is 2. The lowest BCUT2D eigenvalue weighted by Crippen LogP contribution is -2.28. The van der Waals surface area contributed by atoms with Gasteiger partial charge in [-0.15, -0.1) is 0 Å². The number of nitro groups is 1. The topological polar surface area (TPSA) is 97.6 Å². The number of rotatable bonds is 4. The number of carbonyl (C=O) groups is 1. The van der Waals surface area contributed by atoms with Crippen molar-refractivity contribution in [3.8, 4) is 0 Å². The van der Waals surface area contributed by atoms with Crippen LogP contribution in [0.2, 0.25) is 5.02 Å². The van der Waals surface area contributed by atoms with Crippen LogP contribution in [0.25, 0.3) is 0 Å². The number of halogens is 2. The maximum Gasteiger partial charge on any atom is 0.290 e. The highest BCUT2D eigenvalue weighted by atomic mass is 35.7. The van der Waals surface area contributed by atoms with Crippen molar-refractivity contribution in [2.75, 3.05) is 7.05 Å². The third-order valence-corrected chi connectivity index (χ3v) is 5.00. The van der Waals surface area contributed by atoms with Gasteiger partial charge < -0.3 is 4.90 Å². The molecular weight excluding hydrogens is 343 g/mol. The molecule has 0 unspecified atom stereocenters. The van der Waals surface area contributed by atoms with Crippen molar-refractivity contribution < 1.29 is 18.1 Å². The standard InChI is InChI=1S/C11H10Cl2N2O5S/c1-14(7-2-3-7)11(16)6-4-8(15(17)18)10(12)9(5-6)21(13,19)20/h4-5,7H,2-3H2,1H3. The van der Waals surface area contributed by atoms with E-state index in [1.54, 1.807) is 7.05 Å². The van der Waals surface area contributed by atoms with Gasteiger partial charge in [0, 0.05) is 35.4 Å². The molecule has 114 valence electrons. The molecule has 7 nitrogen and oxygen atoms in total. The van der Waals surface area contributed by atoms with Gasteiger partial charge >= 0.3 is 0 Å². The summed E-state index contributed by atoms with van der Waals surface area (Å²) in [4.78, 5) is 23.1. The van der Waals surface area contributed by atoms with Gasteiger partial charge in [-0.25, -0.2) is 8.42 Å². The summed E-state index contributed by atoms with van der Waals surface area (Å²) in [5.74, 6) is -0.515. The van der Waals surface area contributed by atoms with Crippen LogP contribution in [0.15, 0.2) is 17.0 Å². The highest BCUT2D eigenvalue weighted by Gasteiger charge is 2.33. The van der Waals surface area contributed by atoms with Crippen LogP contribution in [-0.4, -0.2) is 37.2 Å². The number of hydrogen-bond acceptors (Lipinski definition) is 5. The van der Waals surface area contributed by atoms with E-state index in [-0.39, 0.29) is 11.6 Å². The SMILES string of the molecule is CN(C(=O)c1cc([N+](=O)[O-])c(Cl)c(S(=O)(=O)Cl)c1)C1CC1. The van der Waals surface area contributed by atoms with Crippen LogP contribution in [0.5, 0.6) is 0 Å². The molecule has 21 heavy (non-hydrogen) atoms. The van der Waals surface area contributed by atoms with E-state index in [0.29, 0.717) is 0 Å². The van der Waals surface area contributed by atoms with Gasteiger partial charge in [0.25, 0.3) is 20.6 Å². The molecule has 1 aromatic carbocycles. The highest BCUT2D eigenvalue weighted by molar-refractivity contribution is 8.13. The zero-order valence-electron chi connectivity index (χ0n) is 10.7. The Morgan fingerprint density at radius 2 is 2.00 bits per heavy atom. The van der Waals surface area contributed by atoms with Crippen molar-refractivity contribution in [1.82, 2.24) is 4.90 Å². The van der Waals surface area contributed by atoms with E-state index in [2.05, 4.69) is 0 Å². The largest absolute Gasteiger partial charge is 0.339 e. The van der Waals surface area contributed by atoms with E-state index >= 15 is 0 Å². The van der Waals surface area contributed by atoms with Gasteiger partial charge in [0.15, 0.2) is 0 Å². The zero-order chi connectivity index (χ0) is 15.9. The second-order valence-corrected chi connectivity index (χ2v) is 7.56. The Kier molecular flexibility index (Phi) is 4.14. The summed E-state index contributed by atoms with van der Waals surface area (Å²) >= 11 is 5.69. The fourth-order valence-electron chi connectivity index (χ4n) is 1.85. The molecule has 0 N–H and O–H groups in total. The van der Waals surface area contributed by atoms with Crippen molar-refractivity contribution in [1.29, 1.82) is 0 Å². The first-order valence-corrected chi connectivity index (χ1v) is 8.51. The first kappa shape index (κ1) is 16.0. The minimum Gasteiger partial charge on any atom is -0.339 e. The van der Waals surface area contributed by atoms with Gasteiger partial charge in [-0.3, -0.25) is 14.9 Å². The Morgan fingerprint density at radius 1 is 1.43 bits per heavy atom. The molecule has 1 aliphatic rings. The van der Waals surface area contributed by atoms with Crippen LogP contribution in [0.3, 0.4) is 0 Å². The Balaban J connectivity index is 2.59. The summed E-state index contributed by atoms with van der Waals surface area (Å²) in [7, 11) is 2.45. The summed E-state index contributed by atoms with van der Waals surface area (Å²) in [5.41, 5.74) is -0.814. The summed E-state index contributed by atoms with van der Waals surface area (Å²) in [6.45, 7) is 0. The number of nitro benzene ring substituents is 1. The molecule has 1 fully saturated rings. The fraction of sp³-hybridized carbons (Fsp3) is 0.364. The third kappa shape index (κ3) is 3.28. The molecule has 0 radical (unpaired) electrons. The minimum atomic E-state index is -4.31. The maximum absolute atomic E-state index is 12.2. The fourth-order valence-corrected chi connectivity index (χ4v) is 3.40. The first-order chi connectivity index (χ1) is 9.62. The number of amides is 1. The lowest BCUT2D eigenvalue weighted by atomic mass is 10.1. The van der Waals surface area contributed by atoms with Gasteiger partial charge in [0.2, 0.25) is 0 Å². The Hall–Kier alpha value is -1.38. The van der Waals surface area contributed by atoms with E-state index in [9.17, 15) is 23.3 Å². The van der Waals surface area contributed by atoms with E-state index in [1.807, 2.05) is 0 Å². The molecule has 0 aliphatic heterocycles. The second-order valence-electron chi connectivity index (χ2n) is 4.65. The Labute approximate surface area is 130 Å². The van der Waals surface area contributed by atoms with Crippen LogP contribution in [-0.2, 0) is 9.05 Å². The van der Waals surface area contributed by atoms with Crippen molar-refractivity contribution in [3.05, 3.63) is 32.8 Å². The van der Waals surface area contributed by atoms with E-state index in [1.165, 1.54) is 4.90 Å². The van der Waals surface area contributed by atoms with Crippen molar-refractivity contribution in [3.63, 3.8) is 0 Å². The molecule has 0 bridgehead atoms. The van der Waals surface area contributed by atoms with Gasteiger partial charge in [-0.2, -0.15) is 0 Å². The highest BCUT2D eigenvalue weighted by Crippen LogP contribution is 2.35.